The van der Waals surface area contributed by atoms with E-state index in [1.54, 1.807) is 0 Å². The van der Waals surface area contributed by atoms with Gasteiger partial charge in [0.2, 0.25) is 10.0 Å². The summed E-state index contributed by atoms with van der Waals surface area (Å²) in [6.07, 6.45) is 2.79. The van der Waals surface area contributed by atoms with Gasteiger partial charge >= 0.3 is 0 Å². The van der Waals surface area contributed by atoms with Gasteiger partial charge < -0.3 is 0 Å². The molecule has 2 rings (SSSR count). The zero-order chi connectivity index (χ0) is 11.1. The molecule has 0 saturated carbocycles. The van der Waals surface area contributed by atoms with Crippen molar-refractivity contribution in [3.05, 3.63) is 36.4 Å². The lowest BCUT2D eigenvalue weighted by Gasteiger charge is -2.03. The van der Waals surface area contributed by atoms with Gasteiger partial charge in [0.15, 0.2) is 0 Å². The third kappa shape index (κ3) is 1.81. The molecule has 6 heteroatoms. The summed E-state index contributed by atoms with van der Waals surface area (Å²) in [5, 5.41) is 5.74. The average molecular weight is 226 g/mol. The lowest BCUT2D eigenvalue weighted by molar-refractivity contribution is 0.594. The van der Waals surface area contributed by atoms with Gasteiger partial charge in [-0.15, -0.1) is 0 Å². The zero-order valence-electron chi connectivity index (χ0n) is 7.51. The molecule has 1 heterocycles. The largest absolute Gasteiger partial charge is 0.264 e. The maximum absolute atomic E-state index is 13.1. The molecule has 1 aromatic carbocycles. The van der Waals surface area contributed by atoms with E-state index in [0.29, 0.717) is 10.8 Å². The first kappa shape index (κ1) is 10.0. The van der Waals surface area contributed by atoms with Crippen molar-refractivity contribution in [2.75, 3.05) is 0 Å². The highest BCUT2D eigenvalue weighted by molar-refractivity contribution is 7.89. The van der Waals surface area contributed by atoms with E-state index in [1.165, 1.54) is 24.5 Å². The van der Waals surface area contributed by atoms with Crippen molar-refractivity contribution in [2.24, 2.45) is 5.14 Å². The minimum Gasteiger partial charge on any atom is -0.264 e. The SMILES string of the molecule is NS(=O)(=O)c1cc(F)cc2ccncc12. The predicted octanol–water partition coefficient (Wildman–Crippen LogP) is 1.02. The van der Waals surface area contributed by atoms with Crippen molar-refractivity contribution in [3.8, 4) is 0 Å². The number of primary sulfonamides is 1. The van der Waals surface area contributed by atoms with Crippen LogP contribution in [0, 0.1) is 5.82 Å². The molecule has 0 atom stereocenters. The summed E-state index contributed by atoms with van der Waals surface area (Å²) in [7, 11) is -3.93. The van der Waals surface area contributed by atoms with Crippen LogP contribution in [0.2, 0.25) is 0 Å². The highest BCUT2D eigenvalue weighted by Gasteiger charge is 2.14. The Morgan fingerprint density at radius 3 is 2.73 bits per heavy atom. The molecule has 78 valence electrons. The Hall–Kier alpha value is -1.53. The summed E-state index contributed by atoms with van der Waals surface area (Å²) in [4.78, 5) is 3.53. The molecular formula is C9H7FN2O2S. The highest BCUT2D eigenvalue weighted by atomic mass is 32.2. The molecule has 0 bridgehead atoms. The lowest BCUT2D eigenvalue weighted by atomic mass is 10.2. The monoisotopic (exact) mass is 226 g/mol. The van der Waals surface area contributed by atoms with Crippen molar-refractivity contribution in [1.29, 1.82) is 0 Å². The minimum atomic E-state index is -3.93. The second-order valence-corrected chi connectivity index (χ2v) is 4.58. The van der Waals surface area contributed by atoms with Crippen LogP contribution in [-0.2, 0) is 10.0 Å². The molecule has 0 amide bonds. The minimum absolute atomic E-state index is 0.245. The standard InChI is InChI=1S/C9H7FN2O2S/c10-7-3-6-1-2-12-5-8(6)9(4-7)15(11,13)14/h1-5H,(H2,11,13,14). The van der Waals surface area contributed by atoms with Crippen LogP contribution in [0.5, 0.6) is 0 Å². The van der Waals surface area contributed by atoms with Gasteiger partial charge in [0, 0.05) is 17.8 Å². The third-order valence-corrected chi connectivity index (χ3v) is 2.94. The molecule has 2 N–H and O–H groups in total. The summed E-state index contributed by atoms with van der Waals surface area (Å²) in [6.45, 7) is 0. The van der Waals surface area contributed by atoms with Crippen molar-refractivity contribution < 1.29 is 12.8 Å². The van der Waals surface area contributed by atoms with Crippen LogP contribution in [-0.4, -0.2) is 13.4 Å². The van der Waals surface area contributed by atoms with Crippen LogP contribution in [0.4, 0.5) is 4.39 Å². The smallest absolute Gasteiger partial charge is 0.238 e. The number of hydrogen-bond donors (Lipinski definition) is 1. The zero-order valence-corrected chi connectivity index (χ0v) is 8.33. The van der Waals surface area contributed by atoms with Gasteiger partial charge in [0.25, 0.3) is 0 Å². The molecule has 0 aliphatic carbocycles. The summed E-state index contributed by atoms with van der Waals surface area (Å²) in [5.41, 5.74) is 0. The molecule has 0 saturated heterocycles. The predicted molar refractivity (Wildman–Crippen MR) is 53.1 cm³/mol. The van der Waals surface area contributed by atoms with Crippen molar-refractivity contribution in [2.45, 2.75) is 4.90 Å². The Balaban J connectivity index is 2.96. The summed E-state index contributed by atoms with van der Waals surface area (Å²) in [5.74, 6) is -0.641. The molecule has 0 fully saturated rings. The van der Waals surface area contributed by atoms with Gasteiger partial charge in [-0.1, -0.05) is 0 Å². The Morgan fingerprint density at radius 2 is 2.07 bits per heavy atom. The van der Waals surface area contributed by atoms with Crippen LogP contribution >= 0.6 is 0 Å². The van der Waals surface area contributed by atoms with Gasteiger partial charge in [0.05, 0.1) is 4.90 Å². The Kier molecular flexibility index (Phi) is 2.17. The van der Waals surface area contributed by atoms with Gasteiger partial charge in [-0.05, 0) is 23.6 Å². The highest BCUT2D eigenvalue weighted by Crippen LogP contribution is 2.22. The van der Waals surface area contributed by atoms with Crippen molar-refractivity contribution in [3.63, 3.8) is 0 Å². The first-order valence-corrected chi connectivity index (χ1v) is 5.59. The fourth-order valence-electron chi connectivity index (χ4n) is 1.37. The molecule has 2 aromatic rings. The average Bonchev–Trinajstić information content (AvgIpc) is 2.15. The van der Waals surface area contributed by atoms with Crippen LogP contribution in [0.15, 0.2) is 35.5 Å². The number of nitrogens with zero attached hydrogens (tertiary/aromatic N) is 1. The van der Waals surface area contributed by atoms with Crippen molar-refractivity contribution >= 4 is 20.8 Å². The van der Waals surface area contributed by atoms with Gasteiger partial charge in [-0.2, -0.15) is 0 Å². The second-order valence-electron chi connectivity index (χ2n) is 3.05. The van der Waals surface area contributed by atoms with Crippen LogP contribution in [0.1, 0.15) is 0 Å². The number of rotatable bonds is 1. The van der Waals surface area contributed by atoms with E-state index < -0.39 is 15.8 Å². The molecule has 0 aliphatic heterocycles. The van der Waals surface area contributed by atoms with E-state index in [1.807, 2.05) is 0 Å². The van der Waals surface area contributed by atoms with E-state index in [4.69, 9.17) is 5.14 Å². The molecule has 15 heavy (non-hydrogen) atoms. The van der Waals surface area contributed by atoms with Crippen LogP contribution in [0.3, 0.4) is 0 Å². The Labute approximate surface area is 85.6 Å². The number of halogens is 1. The fraction of sp³-hybridized carbons (Fsp3) is 0. The molecule has 4 nitrogen and oxygen atoms in total. The number of pyridine rings is 1. The first-order valence-electron chi connectivity index (χ1n) is 4.04. The van der Waals surface area contributed by atoms with Crippen LogP contribution in [0.25, 0.3) is 10.8 Å². The number of benzene rings is 1. The Bertz CT molecular complexity index is 625. The second kappa shape index (κ2) is 3.25. The molecule has 0 unspecified atom stereocenters. The van der Waals surface area contributed by atoms with Gasteiger partial charge in [-0.25, -0.2) is 17.9 Å². The number of nitrogens with two attached hydrogens (primary N) is 1. The summed E-state index contributed by atoms with van der Waals surface area (Å²) >= 11 is 0. The summed E-state index contributed by atoms with van der Waals surface area (Å²) < 4.78 is 35.5. The number of sulfonamides is 1. The third-order valence-electron chi connectivity index (χ3n) is 1.99. The molecule has 0 aliphatic rings. The lowest BCUT2D eigenvalue weighted by Crippen LogP contribution is -2.13. The van der Waals surface area contributed by atoms with Gasteiger partial charge in [-0.3, -0.25) is 4.98 Å². The molecule has 1 aromatic heterocycles. The number of hydrogen-bond acceptors (Lipinski definition) is 3. The Morgan fingerprint density at radius 1 is 1.33 bits per heavy atom. The van der Waals surface area contributed by atoms with E-state index in [0.717, 1.165) is 6.07 Å². The van der Waals surface area contributed by atoms with Crippen molar-refractivity contribution in [1.82, 2.24) is 4.98 Å². The van der Waals surface area contributed by atoms with E-state index in [-0.39, 0.29) is 4.90 Å². The van der Waals surface area contributed by atoms with Gasteiger partial charge in [0.1, 0.15) is 5.82 Å². The summed E-state index contributed by atoms with van der Waals surface area (Å²) in [6, 6.07) is 3.64. The molecule has 0 spiro atoms. The fourth-order valence-corrected chi connectivity index (χ4v) is 2.12. The quantitative estimate of drug-likeness (QED) is 0.789. The number of fused-ring (bicyclic) bond motifs is 1. The maximum Gasteiger partial charge on any atom is 0.238 e. The van der Waals surface area contributed by atoms with E-state index in [2.05, 4.69) is 4.98 Å². The van der Waals surface area contributed by atoms with E-state index >= 15 is 0 Å². The maximum atomic E-state index is 13.1. The first-order chi connectivity index (χ1) is 6.98. The number of aromatic nitrogens is 1. The van der Waals surface area contributed by atoms with Crippen LogP contribution < -0.4 is 5.14 Å². The molecular weight excluding hydrogens is 219 g/mol. The topological polar surface area (TPSA) is 73.1 Å². The molecule has 0 radical (unpaired) electrons. The normalized spacial score (nSPS) is 11.9. The van der Waals surface area contributed by atoms with E-state index in [9.17, 15) is 12.8 Å².